The van der Waals surface area contributed by atoms with E-state index in [1.807, 2.05) is 0 Å². The lowest BCUT2D eigenvalue weighted by Gasteiger charge is -2.17. The highest BCUT2D eigenvalue weighted by atomic mass is 19.4. The average molecular weight is 507 g/mol. The lowest BCUT2D eigenvalue weighted by atomic mass is 10.1. The molecule has 0 heterocycles. The van der Waals surface area contributed by atoms with Crippen LogP contribution in [0.15, 0.2) is 54.3 Å². The molecule has 2 amide bonds. The quantitative estimate of drug-likeness (QED) is 0.177. The summed E-state index contributed by atoms with van der Waals surface area (Å²) in [6.07, 6.45) is -3.08. The summed E-state index contributed by atoms with van der Waals surface area (Å²) in [5, 5.41) is 22.2. The summed E-state index contributed by atoms with van der Waals surface area (Å²) in [7, 11) is 2.47. The Hall–Kier alpha value is -4.22. The van der Waals surface area contributed by atoms with Crippen LogP contribution >= 0.6 is 0 Å². The molecule has 0 saturated heterocycles. The summed E-state index contributed by atoms with van der Waals surface area (Å²) >= 11 is 0. The van der Waals surface area contributed by atoms with Gasteiger partial charge in [-0.1, -0.05) is 12.1 Å². The number of amides is 2. The van der Waals surface area contributed by atoms with Crippen LogP contribution in [-0.4, -0.2) is 42.6 Å². The van der Waals surface area contributed by atoms with Crippen molar-refractivity contribution in [3.05, 3.63) is 65.4 Å². The third-order valence-corrected chi connectivity index (χ3v) is 5.35. The predicted molar refractivity (Wildman–Crippen MR) is 122 cm³/mol. The maximum absolute atomic E-state index is 13.4. The fourth-order valence-electron chi connectivity index (χ4n) is 3.16. The molecule has 4 N–H and O–H groups in total. The third-order valence-electron chi connectivity index (χ3n) is 5.35. The Balaban J connectivity index is 1.59. The number of benzene rings is 2. The average Bonchev–Trinajstić information content (AvgIpc) is 3.63. The fraction of sp³-hybridized carbons (Fsp3) is 0.292. The van der Waals surface area contributed by atoms with Gasteiger partial charge in [0.25, 0.3) is 5.91 Å². The number of aliphatic hydroxyl groups is 1. The number of hydrogen-bond donors (Lipinski definition) is 4. The maximum Gasteiger partial charge on any atom is 0.420 e. The summed E-state index contributed by atoms with van der Waals surface area (Å²) in [5.41, 5.74) is -1.51. The Morgan fingerprint density at radius 2 is 1.75 bits per heavy atom. The first-order chi connectivity index (χ1) is 17.0. The number of halogens is 3. The predicted octanol–water partition coefficient (Wildman–Crippen LogP) is 3.84. The number of hydrogen-bond acceptors (Lipinski definition) is 7. The smallest absolute Gasteiger partial charge is 0.420 e. The summed E-state index contributed by atoms with van der Waals surface area (Å²) in [4.78, 5) is 24.7. The van der Waals surface area contributed by atoms with Crippen molar-refractivity contribution in [3.63, 3.8) is 0 Å². The summed E-state index contributed by atoms with van der Waals surface area (Å²) in [5.74, 6) is -2.73. The molecule has 2 aromatic rings. The van der Waals surface area contributed by atoms with Crippen LogP contribution in [0.3, 0.4) is 0 Å². The second kappa shape index (κ2) is 10.6. The van der Waals surface area contributed by atoms with Crippen LogP contribution in [0.4, 0.5) is 13.2 Å². The SMILES string of the molecule is COC(=N)/C=C(\O)C(=O)NC1(C(=O)NCc2ccc(Oc3ccc(OC)cc3C(F)(F)F)cc2)CC1. The molecule has 9 nitrogen and oxygen atoms in total. The molecular formula is C24H24F3N3O6. The van der Waals surface area contributed by atoms with E-state index in [2.05, 4.69) is 15.4 Å². The monoisotopic (exact) mass is 507 g/mol. The zero-order valence-electron chi connectivity index (χ0n) is 19.4. The highest BCUT2D eigenvalue weighted by molar-refractivity contribution is 6.02. The van der Waals surface area contributed by atoms with Crippen molar-refractivity contribution in [1.29, 1.82) is 5.41 Å². The third kappa shape index (κ3) is 6.46. The molecule has 2 aromatic carbocycles. The molecule has 1 saturated carbocycles. The molecule has 3 rings (SSSR count). The van der Waals surface area contributed by atoms with E-state index in [1.165, 1.54) is 38.5 Å². The van der Waals surface area contributed by atoms with Gasteiger partial charge in [0.2, 0.25) is 11.8 Å². The molecular weight excluding hydrogens is 483 g/mol. The van der Waals surface area contributed by atoms with Crippen molar-refractivity contribution in [1.82, 2.24) is 10.6 Å². The van der Waals surface area contributed by atoms with Crippen molar-refractivity contribution in [3.8, 4) is 17.2 Å². The summed E-state index contributed by atoms with van der Waals surface area (Å²) in [6.45, 7) is 0.0865. The molecule has 1 aliphatic carbocycles. The van der Waals surface area contributed by atoms with Crippen molar-refractivity contribution in [2.75, 3.05) is 14.2 Å². The first kappa shape index (κ1) is 26.4. The van der Waals surface area contributed by atoms with Gasteiger partial charge in [-0.15, -0.1) is 0 Å². The minimum absolute atomic E-state index is 0.0473. The van der Waals surface area contributed by atoms with Gasteiger partial charge in [-0.25, -0.2) is 0 Å². The van der Waals surface area contributed by atoms with E-state index in [0.717, 1.165) is 12.1 Å². The maximum atomic E-state index is 13.4. The molecule has 0 bridgehead atoms. The van der Waals surface area contributed by atoms with Gasteiger partial charge in [0, 0.05) is 12.6 Å². The van der Waals surface area contributed by atoms with Crippen LogP contribution in [0.2, 0.25) is 0 Å². The van der Waals surface area contributed by atoms with Gasteiger partial charge < -0.3 is 30.0 Å². The lowest BCUT2D eigenvalue weighted by Crippen LogP contribution is -2.49. The first-order valence-electron chi connectivity index (χ1n) is 10.6. The van der Waals surface area contributed by atoms with Crippen LogP contribution in [0, 0.1) is 5.41 Å². The topological polar surface area (TPSA) is 130 Å². The molecule has 0 aromatic heterocycles. The number of carbonyl (C=O) groups excluding carboxylic acids is 2. The summed E-state index contributed by atoms with van der Waals surface area (Å²) in [6, 6.07) is 9.47. The molecule has 1 fully saturated rings. The van der Waals surface area contributed by atoms with Gasteiger partial charge in [-0.2, -0.15) is 13.2 Å². The van der Waals surface area contributed by atoms with Crippen LogP contribution in [0.1, 0.15) is 24.0 Å². The fourth-order valence-corrected chi connectivity index (χ4v) is 3.16. The Labute approximate surface area is 204 Å². The van der Waals surface area contributed by atoms with Crippen LogP contribution in [0.25, 0.3) is 0 Å². The van der Waals surface area contributed by atoms with Gasteiger partial charge >= 0.3 is 6.18 Å². The molecule has 192 valence electrons. The number of carbonyl (C=O) groups is 2. The van der Waals surface area contributed by atoms with Crippen LogP contribution in [-0.2, 0) is 27.0 Å². The Morgan fingerprint density at radius 3 is 2.31 bits per heavy atom. The van der Waals surface area contributed by atoms with Crippen molar-refractivity contribution >= 4 is 17.7 Å². The van der Waals surface area contributed by atoms with E-state index < -0.39 is 40.7 Å². The van der Waals surface area contributed by atoms with E-state index in [1.54, 1.807) is 12.1 Å². The van der Waals surface area contributed by atoms with Gasteiger partial charge in [0.15, 0.2) is 5.76 Å². The second-order valence-electron chi connectivity index (χ2n) is 7.92. The van der Waals surface area contributed by atoms with E-state index in [4.69, 9.17) is 14.9 Å². The summed E-state index contributed by atoms with van der Waals surface area (Å²) < 4.78 is 54.9. The largest absolute Gasteiger partial charge is 0.503 e. The van der Waals surface area contributed by atoms with E-state index in [-0.39, 0.29) is 23.8 Å². The Morgan fingerprint density at radius 1 is 1.11 bits per heavy atom. The van der Waals surface area contributed by atoms with Gasteiger partial charge in [-0.05, 0) is 48.7 Å². The normalized spacial score (nSPS) is 14.4. The zero-order chi connectivity index (χ0) is 26.5. The lowest BCUT2D eigenvalue weighted by molar-refractivity contribution is -0.138. The van der Waals surface area contributed by atoms with E-state index in [0.29, 0.717) is 18.4 Å². The number of ether oxygens (including phenoxy) is 3. The molecule has 0 unspecified atom stereocenters. The number of methoxy groups -OCH3 is 2. The minimum Gasteiger partial charge on any atom is -0.503 e. The number of alkyl halides is 3. The van der Waals surface area contributed by atoms with E-state index in [9.17, 15) is 27.9 Å². The minimum atomic E-state index is -4.64. The van der Waals surface area contributed by atoms with Gasteiger partial charge in [-0.3, -0.25) is 15.0 Å². The number of aliphatic hydroxyl groups excluding tert-OH is 1. The standard InChI is InChI=1S/C24H24F3N3O6/c1-34-16-7-8-19(17(11-16)24(25,26)27)36-15-5-3-14(4-6-15)13-29-22(33)23(9-10-23)30-21(32)18(31)12-20(28)35-2/h3-8,11-12,28,31H,9-10,13H2,1-2H3,(H,29,33)(H,30,32)/b18-12-,28-20?. The van der Waals surface area contributed by atoms with Gasteiger partial charge in [0.1, 0.15) is 28.4 Å². The van der Waals surface area contributed by atoms with Crippen molar-refractivity contribution < 1.29 is 42.1 Å². The molecule has 0 spiro atoms. The number of nitrogens with one attached hydrogen (secondary N) is 3. The van der Waals surface area contributed by atoms with Crippen LogP contribution in [0.5, 0.6) is 17.2 Å². The number of rotatable bonds is 9. The second-order valence-corrected chi connectivity index (χ2v) is 7.92. The van der Waals surface area contributed by atoms with Crippen molar-refractivity contribution in [2.45, 2.75) is 31.1 Å². The molecule has 0 aliphatic heterocycles. The first-order valence-corrected chi connectivity index (χ1v) is 10.6. The molecule has 0 atom stereocenters. The Bertz CT molecular complexity index is 1170. The highest BCUT2D eigenvalue weighted by Crippen LogP contribution is 2.40. The Kier molecular flexibility index (Phi) is 7.76. The van der Waals surface area contributed by atoms with Crippen molar-refractivity contribution in [2.24, 2.45) is 0 Å². The highest BCUT2D eigenvalue weighted by Gasteiger charge is 2.51. The van der Waals surface area contributed by atoms with E-state index >= 15 is 0 Å². The van der Waals surface area contributed by atoms with Gasteiger partial charge in [0.05, 0.1) is 14.2 Å². The molecule has 12 heteroatoms. The molecule has 1 aliphatic rings. The molecule has 36 heavy (non-hydrogen) atoms. The molecule has 0 radical (unpaired) electrons. The zero-order valence-corrected chi connectivity index (χ0v) is 19.4. The van der Waals surface area contributed by atoms with Crippen LogP contribution < -0.4 is 20.1 Å².